The van der Waals surface area contributed by atoms with E-state index in [0.29, 0.717) is 85.5 Å². The number of fused-ring (bicyclic) bond motifs is 2. The minimum atomic E-state index is -0.613. The summed E-state index contributed by atoms with van der Waals surface area (Å²) in [5, 5.41) is 16.5. The first kappa shape index (κ1) is 42.0. The number of nitrogens with zero attached hydrogens (tertiary/aromatic N) is 4. The van der Waals surface area contributed by atoms with Crippen molar-refractivity contribution < 1.29 is 23.1 Å². The zero-order valence-corrected chi connectivity index (χ0v) is 35.0. The van der Waals surface area contributed by atoms with Gasteiger partial charge < -0.3 is 14.5 Å². The number of amides is 2. The number of hydrogen-bond acceptors (Lipinski definition) is 6. The SMILES string of the molecule is CC/C(=C(/c1ccc(OCCCCCC(=O)N2CCN(C(=O)c3cc(Cc4n[nH]c(=O)c5ccccc45)ccc3F)CC2)cc1)c1ccc2[nH]ncc2c1)c1ccc(F)cc1Cl. The minimum absolute atomic E-state index is 0.0304. The number of rotatable bonds is 14. The minimum Gasteiger partial charge on any atom is -0.494 e. The van der Waals surface area contributed by atoms with Crippen molar-refractivity contribution in [1.29, 1.82) is 0 Å². The second-order valence-corrected chi connectivity index (χ2v) is 15.8. The fourth-order valence-corrected chi connectivity index (χ4v) is 8.43. The Balaban J connectivity index is 0.812. The molecule has 0 radical (unpaired) electrons. The Labute approximate surface area is 362 Å². The molecule has 13 heteroatoms. The lowest BCUT2D eigenvalue weighted by Crippen LogP contribution is -2.50. The lowest BCUT2D eigenvalue weighted by Gasteiger charge is -2.35. The van der Waals surface area contributed by atoms with E-state index in [2.05, 4.69) is 33.4 Å². The summed E-state index contributed by atoms with van der Waals surface area (Å²) in [6.07, 6.45) is 5.44. The van der Waals surface area contributed by atoms with Gasteiger partial charge >= 0.3 is 0 Å². The highest BCUT2D eigenvalue weighted by Crippen LogP contribution is 2.38. The predicted molar refractivity (Wildman–Crippen MR) is 238 cm³/mol. The third-order valence-corrected chi connectivity index (χ3v) is 11.7. The Morgan fingerprint density at radius 3 is 2.32 bits per heavy atom. The average Bonchev–Trinajstić information content (AvgIpc) is 3.77. The van der Waals surface area contributed by atoms with Gasteiger partial charge in [0.05, 0.1) is 40.0 Å². The molecule has 62 heavy (non-hydrogen) atoms. The lowest BCUT2D eigenvalue weighted by molar-refractivity contribution is -0.132. The zero-order chi connectivity index (χ0) is 43.2. The van der Waals surface area contributed by atoms with Gasteiger partial charge in [-0.05, 0) is 114 Å². The van der Waals surface area contributed by atoms with E-state index in [-0.39, 0.29) is 22.8 Å². The molecule has 10 nitrogen and oxygen atoms in total. The van der Waals surface area contributed by atoms with Crippen molar-refractivity contribution in [3.63, 3.8) is 0 Å². The molecule has 0 saturated carbocycles. The molecular formula is C49H45ClF2N6O4. The van der Waals surface area contributed by atoms with E-state index in [1.807, 2.05) is 48.5 Å². The number of benzene rings is 5. The maximum absolute atomic E-state index is 15.0. The molecule has 316 valence electrons. The molecule has 1 aliphatic rings. The molecule has 2 N–H and O–H groups in total. The second-order valence-electron chi connectivity index (χ2n) is 15.4. The van der Waals surface area contributed by atoms with Crippen LogP contribution in [-0.2, 0) is 11.2 Å². The largest absolute Gasteiger partial charge is 0.494 e. The standard InChI is InChI=1S/C49H45ClF2N6O4/c1-2-37(38-18-15-35(51)29-42(38)50)47(33-14-20-44-34(28-33)30-53-54-44)32-12-16-36(17-13-32)62-25-7-3-4-10-46(59)57-21-23-58(24-22-57)49(61)41-26-31(11-19-43(41)52)27-45-39-8-5-6-9-40(39)48(60)56-55-45/h5-6,8-9,11-20,26,28-30H,2-4,7,10,21-25,27H2,1H3,(H,53,54)(H,56,60)/b47-37+. The van der Waals surface area contributed by atoms with Crippen LogP contribution < -0.4 is 10.3 Å². The highest BCUT2D eigenvalue weighted by atomic mass is 35.5. The van der Waals surface area contributed by atoms with Crippen molar-refractivity contribution in [3.8, 4) is 5.75 Å². The molecule has 0 aliphatic carbocycles. The van der Waals surface area contributed by atoms with Gasteiger partial charge in [0.2, 0.25) is 5.91 Å². The van der Waals surface area contributed by atoms with Gasteiger partial charge in [0.1, 0.15) is 17.4 Å². The number of carbonyl (C=O) groups excluding carboxylic acids is 2. The second kappa shape index (κ2) is 18.9. The van der Waals surface area contributed by atoms with Gasteiger partial charge in [-0.1, -0.05) is 67.1 Å². The zero-order valence-electron chi connectivity index (χ0n) is 34.2. The van der Waals surface area contributed by atoms with Gasteiger partial charge in [-0.15, -0.1) is 0 Å². The van der Waals surface area contributed by atoms with Crippen molar-refractivity contribution in [2.24, 2.45) is 0 Å². The smallest absolute Gasteiger partial charge is 0.272 e. The summed E-state index contributed by atoms with van der Waals surface area (Å²) in [5.41, 5.74) is 6.62. The van der Waals surface area contributed by atoms with Gasteiger partial charge in [0.15, 0.2) is 0 Å². The van der Waals surface area contributed by atoms with Crippen LogP contribution in [0.2, 0.25) is 5.02 Å². The van der Waals surface area contributed by atoms with Crippen LogP contribution in [0, 0.1) is 11.6 Å². The third-order valence-electron chi connectivity index (χ3n) is 11.4. The topological polar surface area (TPSA) is 124 Å². The van der Waals surface area contributed by atoms with Crippen LogP contribution in [-0.4, -0.2) is 74.8 Å². The molecule has 5 aromatic carbocycles. The molecule has 7 aromatic rings. The molecule has 1 saturated heterocycles. The maximum atomic E-state index is 15.0. The van der Waals surface area contributed by atoms with E-state index in [1.165, 1.54) is 18.2 Å². The molecule has 1 fully saturated rings. The first-order chi connectivity index (χ1) is 30.2. The number of allylic oxidation sites excluding steroid dienone is 1. The number of halogens is 3. The molecule has 2 aromatic heterocycles. The highest BCUT2D eigenvalue weighted by molar-refractivity contribution is 6.32. The molecule has 0 unspecified atom stereocenters. The number of piperazine rings is 1. The summed E-state index contributed by atoms with van der Waals surface area (Å²) in [6, 6.07) is 30.1. The Bertz CT molecular complexity index is 2850. The van der Waals surface area contributed by atoms with Crippen LogP contribution in [0.15, 0.2) is 114 Å². The van der Waals surface area contributed by atoms with Crippen LogP contribution in [0.4, 0.5) is 8.78 Å². The summed E-state index contributed by atoms with van der Waals surface area (Å²) in [7, 11) is 0. The molecule has 8 rings (SSSR count). The van der Waals surface area contributed by atoms with Crippen LogP contribution in [0.3, 0.4) is 0 Å². The third kappa shape index (κ3) is 9.30. The number of H-pyrrole nitrogens is 2. The number of nitrogens with one attached hydrogen (secondary N) is 2. The predicted octanol–water partition coefficient (Wildman–Crippen LogP) is 9.61. The van der Waals surface area contributed by atoms with Crippen molar-refractivity contribution >= 4 is 56.2 Å². The van der Waals surface area contributed by atoms with E-state index in [9.17, 15) is 23.2 Å². The summed E-state index contributed by atoms with van der Waals surface area (Å²) < 4.78 is 35.1. The summed E-state index contributed by atoms with van der Waals surface area (Å²) in [5.74, 6) is -0.661. The molecule has 3 heterocycles. The lowest BCUT2D eigenvalue weighted by atomic mass is 9.87. The van der Waals surface area contributed by atoms with Gasteiger partial charge in [-0.2, -0.15) is 10.2 Å². The average molecular weight is 855 g/mol. The summed E-state index contributed by atoms with van der Waals surface area (Å²) in [4.78, 5) is 42.1. The number of carbonyl (C=O) groups is 2. The van der Waals surface area contributed by atoms with Crippen molar-refractivity contribution in [3.05, 3.63) is 170 Å². The molecule has 0 spiro atoms. The van der Waals surface area contributed by atoms with E-state index in [0.717, 1.165) is 57.3 Å². The Kier molecular flexibility index (Phi) is 12.8. The molecule has 2 amide bonds. The van der Waals surface area contributed by atoms with Crippen molar-refractivity contribution in [1.82, 2.24) is 30.2 Å². The molecule has 0 bridgehead atoms. The molecular weight excluding hydrogens is 810 g/mol. The van der Waals surface area contributed by atoms with Gasteiger partial charge in [0.25, 0.3) is 11.5 Å². The van der Waals surface area contributed by atoms with E-state index >= 15 is 0 Å². The van der Waals surface area contributed by atoms with Crippen LogP contribution in [0.25, 0.3) is 32.8 Å². The van der Waals surface area contributed by atoms with E-state index in [4.69, 9.17) is 16.3 Å². The monoisotopic (exact) mass is 854 g/mol. The molecule has 0 atom stereocenters. The Hall–Kier alpha value is -6.66. The van der Waals surface area contributed by atoms with Crippen molar-refractivity contribution in [2.45, 2.75) is 45.4 Å². The highest BCUT2D eigenvalue weighted by Gasteiger charge is 2.27. The number of aromatic amines is 2. The fourth-order valence-electron chi connectivity index (χ4n) is 8.15. The fraction of sp³-hybridized carbons (Fsp3) is 0.245. The number of unbranched alkanes of at least 4 members (excludes halogenated alkanes) is 2. The van der Waals surface area contributed by atoms with Crippen LogP contribution in [0.1, 0.15) is 77.3 Å². The summed E-state index contributed by atoms with van der Waals surface area (Å²) >= 11 is 6.59. The van der Waals surface area contributed by atoms with Crippen LogP contribution >= 0.6 is 11.6 Å². The number of aromatic nitrogens is 4. The first-order valence-electron chi connectivity index (χ1n) is 20.8. The number of hydrogen-bond donors (Lipinski definition) is 2. The van der Waals surface area contributed by atoms with Gasteiger partial charge in [-0.3, -0.25) is 19.5 Å². The first-order valence-corrected chi connectivity index (χ1v) is 21.2. The van der Waals surface area contributed by atoms with Gasteiger partial charge in [-0.25, -0.2) is 13.9 Å². The quantitative estimate of drug-likeness (QED) is 0.0830. The Morgan fingerprint density at radius 1 is 0.790 bits per heavy atom. The molecule has 1 aliphatic heterocycles. The summed E-state index contributed by atoms with van der Waals surface area (Å²) in [6.45, 7) is 3.93. The van der Waals surface area contributed by atoms with E-state index < -0.39 is 11.7 Å². The normalized spacial score (nSPS) is 13.4. The van der Waals surface area contributed by atoms with Crippen molar-refractivity contribution in [2.75, 3.05) is 32.8 Å². The van der Waals surface area contributed by atoms with Gasteiger partial charge in [0, 0.05) is 49.8 Å². The maximum Gasteiger partial charge on any atom is 0.272 e. The Morgan fingerprint density at radius 2 is 1.55 bits per heavy atom. The van der Waals surface area contributed by atoms with E-state index in [1.54, 1.807) is 46.3 Å². The van der Waals surface area contributed by atoms with Crippen LogP contribution in [0.5, 0.6) is 5.75 Å². The number of ether oxygens (including phenoxy) is 1.